The van der Waals surface area contributed by atoms with Gasteiger partial charge in [0.15, 0.2) is 0 Å². The molecule has 226 valence electrons. The molecule has 6 rings (SSSR count). The van der Waals surface area contributed by atoms with E-state index in [1.807, 2.05) is 18.2 Å². The monoisotopic (exact) mass is 590 g/mol. The Bertz CT molecular complexity index is 1560. The predicted octanol–water partition coefficient (Wildman–Crippen LogP) is 3.60. The second kappa shape index (κ2) is 12.3. The highest BCUT2D eigenvalue weighted by Gasteiger charge is 2.36. The molecule has 2 amide bonds. The largest absolute Gasteiger partial charge is 0.489 e. The van der Waals surface area contributed by atoms with Gasteiger partial charge < -0.3 is 25.2 Å². The minimum absolute atomic E-state index is 0.0411. The minimum Gasteiger partial charge on any atom is -0.489 e. The van der Waals surface area contributed by atoms with Gasteiger partial charge in [0.1, 0.15) is 29.2 Å². The fourth-order valence-corrected chi connectivity index (χ4v) is 6.42. The molecule has 3 N–H and O–H groups in total. The lowest BCUT2D eigenvalue weighted by Gasteiger charge is -2.24. The van der Waals surface area contributed by atoms with E-state index in [9.17, 15) is 14.4 Å². The number of aromatic nitrogens is 1. The van der Waals surface area contributed by atoms with Gasteiger partial charge in [-0.3, -0.25) is 19.3 Å². The molecule has 0 bridgehead atoms. The molecule has 2 fully saturated rings. The number of likely N-dealkylation sites (tertiary alicyclic amines) is 1. The number of halogens is 1. The van der Waals surface area contributed by atoms with Gasteiger partial charge in [0.25, 0.3) is 5.91 Å². The van der Waals surface area contributed by atoms with Crippen LogP contribution in [0.4, 0.5) is 4.39 Å². The Labute approximate surface area is 248 Å². The maximum atomic E-state index is 15.2. The van der Waals surface area contributed by atoms with Crippen LogP contribution in [0.25, 0.3) is 10.9 Å². The Morgan fingerprint density at radius 2 is 1.95 bits per heavy atom. The van der Waals surface area contributed by atoms with Crippen molar-refractivity contribution >= 4 is 28.7 Å². The Hall–Kier alpha value is -4.09. The van der Waals surface area contributed by atoms with Gasteiger partial charge in [0.2, 0.25) is 5.91 Å². The van der Waals surface area contributed by atoms with Crippen molar-refractivity contribution in [3.05, 3.63) is 70.7 Å². The normalized spacial score (nSPS) is 20.0. The number of hydrogen-bond donors (Lipinski definition) is 2. The summed E-state index contributed by atoms with van der Waals surface area (Å²) < 4.78 is 26.9. The fourth-order valence-electron chi connectivity index (χ4n) is 6.42. The first-order valence-corrected chi connectivity index (χ1v) is 14.8. The van der Waals surface area contributed by atoms with Gasteiger partial charge in [0.05, 0.1) is 0 Å². The van der Waals surface area contributed by atoms with Crippen LogP contribution in [0.15, 0.2) is 42.5 Å². The van der Waals surface area contributed by atoms with Gasteiger partial charge in [-0.15, -0.1) is 0 Å². The maximum Gasteiger partial charge on any atom is 0.303 e. The van der Waals surface area contributed by atoms with E-state index >= 15 is 4.39 Å². The van der Waals surface area contributed by atoms with Crippen molar-refractivity contribution in [2.45, 2.75) is 63.3 Å². The molecule has 1 aromatic heterocycles. The number of rotatable bonds is 10. The van der Waals surface area contributed by atoms with E-state index in [0.717, 1.165) is 42.5 Å². The first-order valence-electron chi connectivity index (χ1n) is 14.8. The summed E-state index contributed by atoms with van der Waals surface area (Å²) in [7, 11) is 0. The molecule has 0 radical (unpaired) electrons. The topological polar surface area (TPSA) is 135 Å². The van der Waals surface area contributed by atoms with Crippen LogP contribution in [0.3, 0.4) is 0 Å². The van der Waals surface area contributed by atoms with Crippen molar-refractivity contribution in [1.82, 2.24) is 14.8 Å². The van der Waals surface area contributed by atoms with E-state index in [0.29, 0.717) is 54.6 Å². The maximum absolute atomic E-state index is 15.2. The zero-order valence-corrected chi connectivity index (χ0v) is 23.8. The van der Waals surface area contributed by atoms with Gasteiger partial charge in [-0.25, -0.2) is 9.37 Å². The lowest BCUT2D eigenvalue weighted by Crippen LogP contribution is -2.45. The molecule has 2 aromatic carbocycles. The highest BCUT2D eigenvalue weighted by atomic mass is 19.1. The summed E-state index contributed by atoms with van der Waals surface area (Å²) in [6.07, 6.45) is 2.23. The number of benzene rings is 2. The van der Waals surface area contributed by atoms with Crippen molar-refractivity contribution < 1.29 is 33.4 Å². The van der Waals surface area contributed by atoms with Crippen LogP contribution in [0.1, 0.15) is 65.2 Å². The first kappa shape index (κ1) is 29.0. The van der Waals surface area contributed by atoms with E-state index in [4.69, 9.17) is 20.3 Å². The molecule has 3 aromatic rings. The van der Waals surface area contributed by atoms with Gasteiger partial charge in [-0.05, 0) is 73.2 Å². The molecule has 43 heavy (non-hydrogen) atoms. The quantitative estimate of drug-likeness (QED) is 0.366. The van der Waals surface area contributed by atoms with E-state index in [2.05, 4.69) is 9.88 Å². The molecular weight excluding hydrogens is 555 g/mol. The van der Waals surface area contributed by atoms with E-state index in [-0.39, 0.29) is 37.2 Å². The molecule has 10 nitrogen and oxygen atoms in total. The van der Waals surface area contributed by atoms with Crippen LogP contribution >= 0.6 is 0 Å². The van der Waals surface area contributed by atoms with Crippen LogP contribution in [-0.4, -0.2) is 76.1 Å². The summed E-state index contributed by atoms with van der Waals surface area (Å²) in [6, 6.07) is 11.8. The Morgan fingerprint density at radius 1 is 1.14 bits per heavy atom. The van der Waals surface area contributed by atoms with E-state index in [1.165, 1.54) is 4.90 Å². The zero-order chi connectivity index (χ0) is 30.1. The third-order valence-electron chi connectivity index (χ3n) is 8.65. The average Bonchev–Trinajstić information content (AvgIpc) is 3.56. The number of hydrogen-bond acceptors (Lipinski definition) is 7. The molecule has 0 saturated carbocycles. The number of nitrogens with two attached hydrogens (primary N) is 1. The van der Waals surface area contributed by atoms with Crippen LogP contribution in [0.2, 0.25) is 0 Å². The summed E-state index contributed by atoms with van der Waals surface area (Å²) in [4.78, 5) is 44.2. The van der Waals surface area contributed by atoms with Crippen molar-refractivity contribution in [1.29, 1.82) is 0 Å². The number of fused-ring (bicyclic) bond motifs is 2. The third-order valence-corrected chi connectivity index (χ3v) is 8.65. The summed E-state index contributed by atoms with van der Waals surface area (Å²) in [5.41, 5.74) is 8.88. The van der Waals surface area contributed by atoms with Crippen LogP contribution in [0, 0.1) is 5.82 Å². The fraction of sp³-hybridized carbons (Fsp3) is 0.438. The van der Waals surface area contributed by atoms with E-state index < -0.39 is 17.9 Å². The number of carbonyl (C=O) groups is 3. The smallest absolute Gasteiger partial charge is 0.303 e. The van der Waals surface area contributed by atoms with Gasteiger partial charge in [-0.1, -0.05) is 6.07 Å². The summed E-state index contributed by atoms with van der Waals surface area (Å²) in [6.45, 7) is 3.64. The lowest BCUT2D eigenvalue weighted by molar-refractivity contribution is -0.137. The standard InChI is InChI=1S/C32H35FN4O6/c33-26-14-19(13-21-1-4-27(35-30(21)26)20-8-11-42-12-9-20)16-36-10-7-24(18-36)43-23-2-3-25-22(15-23)17-37(32(25)41)28(31(34)40)5-6-29(38)39/h1-4,13-15,20,24,28H,5-12,16-18H2,(H2,34,40)(H,38,39)/t24-,28?/m0/s1. The number of amides is 2. The number of aliphatic carboxylic acids is 1. The van der Waals surface area contributed by atoms with Crippen LogP contribution in [0.5, 0.6) is 5.75 Å². The molecule has 0 aliphatic carbocycles. The molecule has 2 atom stereocenters. The minimum atomic E-state index is -1.06. The van der Waals surface area contributed by atoms with E-state index in [1.54, 1.807) is 24.3 Å². The second-order valence-corrected chi connectivity index (χ2v) is 11.6. The van der Waals surface area contributed by atoms with Crippen molar-refractivity contribution in [2.24, 2.45) is 5.73 Å². The molecule has 0 spiro atoms. The number of ether oxygens (including phenoxy) is 2. The molecular formula is C32H35FN4O6. The number of carbonyl (C=O) groups excluding carboxylic acids is 2. The predicted molar refractivity (Wildman–Crippen MR) is 155 cm³/mol. The molecule has 3 aliphatic heterocycles. The number of carboxylic acid groups (broad SMARTS) is 1. The molecule has 1 unspecified atom stereocenters. The zero-order valence-electron chi connectivity index (χ0n) is 23.8. The van der Waals surface area contributed by atoms with Crippen LogP contribution < -0.4 is 10.5 Å². The summed E-state index contributed by atoms with van der Waals surface area (Å²) >= 11 is 0. The highest BCUT2D eigenvalue weighted by molar-refractivity contribution is 6.01. The van der Waals surface area contributed by atoms with Crippen molar-refractivity contribution in [2.75, 3.05) is 26.3 Å². The number of pyridine rings is 1. The Morgan fingerprint density at radius 3 is 2.72 bits per heavy atom. The number of nitrogens with zero attached hydrogens (tertiary/aromatic N) is 3. The van der Waals surface area contributed by atoms with Crippen molar-refractivity contribution in [3.63, 3.8) is 0 Å². The molecule has 2 saturated heterocycles. The number of primary amides is 1. The highest BCUT2D eigenvalue weighted by Crippen LogP contribution is 2.32. The van der Waals surface area contributed by atoms with Gasteiger partial charge in [0, 0.05) is 68.4 Å². The average molecular weight is 591 g/mol. The molecule has 3 aliphatic rings. The van der Waals surface area contributed by atoms with Crippen molar-refractivity contribution in [3.8, 4) is 5.75 Å². The summed E-state index contributed by atoms with van der Waals surface area (Å²) in [5.74, 6) is -1.52. The SMILES string of the molecule is NC(=O)C(CCC(=O)O)N1Cc2cc(O[C@H]3CCN(Cc4cc(F)c5nc(C6CCOCC6)ccc5c4)C3)ccc2C1=O. The third kappa shape index (κ3) is 6.33. The second-order valence-electron chi connectivity index (χ2n) is 11.6. The van der Waals surface area contributed by atoms with Gasteiger partial charge in [-0.2, -0.15) is 0 Å². The van der Waals surface area contributed by atoms with Gasteiger partial charge >= 0.3 is 5.97 Å². The van der Waals surface area contributed by atoms with Crippen LogP contribution in [-0.2, 0) is 27.4 Å². The molecule has 11 heteroatoms. The number of carboxylic acids is 1. The first-order chi connectivity index (χ1) is 20.7. The summed E-state index contributed by atoms with van der Waals surface area (Å²) in [5, 5.41) is 9.80. The lowest BCUT2D eigenvalue weighted by atomic mass is 9.95. The Balaban J connectivity index is 1.07. The Kier molecular flexibility index (Phi) is 8.27. The molecule has 4 heterocycles.